The normalized spacial score (nSPS) is 15.0. The van der Waals surface area contributed by atoms with Crippen LogP contribution >= 0.6 is 0 Å². The van der Waals surface area contributed by atoms with Gasteiger partial charge in [-0.2, -0.15) is 9.67 Å². The molecule has 2 aromatic heterocycles. The van der Waals surface area contributed by atoms with Gasteiger partial charge < -0.3 is 0 Å². The second-order valence-corrected chi connectivity index (χ2v) is 6.05. The lowest BCUT2D eigenvalue weighted by Crippen LogP contribution is -2.33. The molecule has 3 rings (SSSR count). The van der Waals surface area contributed by atoms with Crippen LogP contribution in [0.15, 0.2) is 24.5 Å². The molecule has 0 aliphatic heterocycles. The van der Waals surface area contributed by atoms with Crippen molar-refractivity contribution in [1.82, 2.24) is 19.7 Å². The van der Waals surface area contributed by atoms with E-state index >= 15 is 0 Å². The molecule has 1 saturated carbocycles. The molecule has 1 amide bonds. The third kappa shape index (κ3) is 2.66. The van der Waals surface area contributed by atoms with Gasteiger partial charge in [0.25, 0.3) is 0 Å². The number of rotatable bonds is 4. The standard InChI is InChI=1S/C15H19N5O/c1-10-17-14(18-13(21)15(2,3)11-4-5-11)20(19-10)12-6-8-16-9-7-12/h6-9,11H,4-5H2,1-3H3,(H,17,18,19,21). The topological polar surface area (TPSA) is 72.7 Å². The molecule has 0 atom stereocenters. The van der Waals surface area contributed by atoms with Crippen LogP contribution in [0.4, 0.5) is 5.95 Å². The van der Waals surface area contributed by atoms with E-state index in [4.69, 9.17) is 0 Å². The lowest BCUT2D eigenvalue weighted by atomic mass is 9.86. The summed E-state index contributed by atoms with van der Waals surface area (Å²) in [6, 6.07) is 3.66. The van der Waals surface area contributed by atoms with Gasteiger partial charge in [-0.1, -0.05) is 13.8 Å². The summed E-state index contributed by atoms with van der Waals surface area (Å²) in [4.78, 5) is 20.8. The minimum atomic E-state index is -0.372. The molecule has 2 aromatic rings. The number of aryl methyl sites for hydroxylation is 1. The molecule has 110 valence electrons. The molecule has 0 aromatic carbocycles. The van der Waals surface area contributed by atoms with Crippen LogP contribution in [0.25, 0.3) is 5.69 Å². The summed E-state index contributed by atoms with van der Waals surface area (Å²) in [5, 5.41) is 7.26. The van der Waals surface area contributed by atoms with E-state index in [0.717, 1.165) is 18.5 Å². The Labute approximate surface area is 123 Å². The van der Waals surface area contributed by atoms with Crippen molar-refractivity contribution in [3.63, 3.8) is 0 Å². The monoisotopic (exact) mass is 285 g/mol. The number of nitrogens with zero attached hydrogens (tertiary/aromatic N) is 4. The molecule has 1 aliphatic rings. The number of carbonyl (C=O) groups is 1. The summed E-state index contributed by atoms with van der Waals surface area (Å²) in [6.45, 7) is 5.78. The Morgan fingerprint density at radius 1 is 1.33 bits per heavy atom. The van der Waals surface area contributed by atoms with Crippen molar-refractivity contribution >= 4 is 11.9 Å². The van der Waals surface area contributed by atoms with Gasteiger partial charge in [-0.15, -0.1) is 5.10 Å². The fourth-order valence-corrected chi connectivity index (χ4v) is 2.41. The molecule has 0 spiro atoms. The minimum Gasteiger partial charge on any atom is -0.294 e. The predicted octanol–water partition coefficient (Wildman–Crippen LogP) is 2.35. The molecule has 0 bridgehead atoms. The third-order valence-corrected chi connectivity index (χ3v) is 4.03. The number of anilines is 1. The zero-order chi connectivity index (χ0) is 15.0. The van der Waals surface area contributed by atoms with E-state index in [-0.39, 0.29) is 11.3 Å². The van der Waals surface area contributed by atoms with Gasteiger partial charge in [0.2, 0.25) is 11.9 Å². The molecule has 0 saturated heterocycles. The van der Waals surface area contributed by atoms with Crippen molar-refractivity contribution in [2.45, 2.75) is 33.6 Å². The summed E-state index contributed by atoms with van der Waals surface area (Å²) >= 11 is 0. The van der Waals surface area contributed by atoms with Crippen LogP contribution in [0, 0.1) is 18.3 Å². The maximum atomic E-state index is 12.5. The number of aromatic nitrogens is 4. The first-order valence-electron chi connectivity index (χ1n) is 7.14. The third-order valence-electron chi connectivity index (χ3n) is 4.03. The van der Waals surface area contributed by atoms with Crippen molar-refractivity contribution in [3.8, 4) is 5.69 Å². The van der Waals surface area contributed by atoms with Gasteiger partial charge in [0.05, 0.1) is 5.69 Å². The predicted molar refractivity (Wildman–Crippen MR) is 79.0 cm³/mol. The Bertz CT molecular complexity index is 658. The number of hydrogen-bond donors (Lipinski definition) is 1. The summed E-state index contributed by atoms with van der Waals surface area (Å²) in [7, 11) is 0. The van der Waals surface area contributed by atoms with E-state index in [0.29, 0.717) is 17.7 Å². The number of pyridine rings is 1. The quantitative estimate of drug-likeness (QED) is 0.935. The van der Waals surface area contributed by atoms with Gasteiger partial charge in [0, 0.05) is 17.8 Å². The van der Waals surface area contributed by atoms with E-state index in [9.17, 15) is 4.79 Å². The summed E-state index contributed by atoms with van der Waals surface area (Å²) in [5.74, 6) is 1.53. The highest BCUT2D eigenvalue weighted by atomic mass is 16.2. The van der Waals surface area contributed by atoms with Crippen LogP contribution in [-0.4, -0.2) is 25.7 Å². The van der Waals surface area contributed by atoms with Crippen molar-refractivity contribution in [2.75, 3.05) is 5.32 Å². The van der Waals surface area contributed by atoms with Gasteiger partial charge >= 0.3 is 0 Å². The molecule has 1 fully saturated rings. The Morgan fingerprint density at radius 3 is 2.62 bits per heavy atom. The zero-order valence-corrected chi connectivity index (χ0v) is 12.5. The van der Waals surface area contributed by atoms with Crippen LogP contribution in [0.5, 0.6) is 0 Å². The molecule has 6 heteroatoms. The summed E-state index contributed by atoms with van der Waals surface area (Å²) in [5.41, 5.74) is 0.452. The average molecular weight is 285 g/mol. The maximum Gasteiger partial charge on any atom is 0.233 e. The van der Waals surface area contributed by atoms with E-state index in [1.165, 1.54) is 0 Å². The fraction of sp³-hybridized carbons (Fsp3) is 0.467. The maximum absolute atomic E-state index is 12.5. The molecular weight excluding hydrogens is 266 g/mol. The summed E-state index contributed by atoms with van der Waals surface area (Å²) in [6.07, 6.45) is 5.62. The first-order chi connectivity index (χ1) is 9.98. The van der Waals surface area contributed by atoms with Crippen molar-refractivity contribution in [1.29, 1.82) is 0 Å². The van der Waals surface area contributed by atoms with Crippen molar-refractivity contribution < 1.29 is 4.79 Å². The smallest absolute Gasteiger partial charge is 0.233 e. The Balaban J connectivity index is 1.88. The first kappa shape index (κ1) is 13.7. The van der Waals surface area contributed by atoms with E-state index in [1.807, 2.05) is 26.0 Å². The highest BCUT2D eigenvalue weighted by Crippen LogP contribution is 2.45. The number of carbonyl (C=O) groups excluding carboxylic acids is 1. The second kappa shape index (κ2) is 4.95. The van der Waals surface area contributed by atoms with Gasteiger partial charge in [-0.25, -0.2) is 0 Å². The number of amides is 1. The number of hydrogen-bond acceptors (Lipinski definition) is 4. The highest BCUT2D eigenvalue weighted by Gasteiger charge is 2.43. The largest absolute Gasteiger partial charge is 0.294 e. The Morgan fingerprint density at radius 2 is 2.00 bits per heavy atom. The van der Waals surface area contributed by atoms with Crippen LogP contribution in [0.2, 0.25) is 0 Å². The highest BCUT2D eigenvalue weighted by molar-refractivity contribution is 5.94. The van der Waals surface area contributed by atoms with Crippen LogP contribution < -0.4 is 5.32 Å². The zero-order valence-electron chi connectivity index (χ0n) is 12.5. The van der Waals surface area contributed by atoms with Crippen molar-refractivity contribution in [3.05, 3.63) is 30.4 Å². The molecule has 1 N–H and O–H groups in total. The Hall–Kier alpha value is -2.24. The van der Waals surface area contributed by atoms with E-state index in [2.05, 4.69) is 20.4 Å². The molecule has 2 heterocycles. The lowest BCUT2D eigenvalue weighted by Gasteiger charge is -2.22. The second-order valence-electron chi connectivity index (χ2n) is 6.05. The molecule has 0 unspecified atom stereocenters. The molecule has 21 heavy (non-hydrogen) atoms. The summed E-state index contributed by atoms with van der Waals surface area (Å²) < 4.78 is 1.64. The van der Waals surface area contributed by atoms with Crippen molar-refractivity contribution in [2.24, 2.45) is 11.3 Å². The van der Waals surface area contributed by atoms with Crippen LogP contribution in [0.3, 0.4) is 0 Å². The molecule has 0 radical (unpaired) electrons. The SMILES string of the molecule is Cc1nc(NC(=O)C(C)(C)C2CC2)n(-c2ccncc2)n1. The first-order valence-corrected chi connectivity index (χ1v) is 7.14. The average Bonchev–Trinajstić information content (AvgIpc) is 3.25. The molecule has 6 nitrogen and oxygen atoms in total. The Kier molecular flexibility index (Phi) is 3.23. The van der Waals surface area contributed by atoms with Crippen LogP contribution in [0.1, 0.15) is 32.5 Å². The van der Waals surface area contributed by atoms with E-state index < -0.39 is 0 Å². The molecule has 1 aliphatic carbocycles. The van der Waals surface area contributed by atoms with Gasteiger partial charge in [-0.3, -0.25) is 15.1 Å². The van der Waals surface area contributed by atoms with Gasteiger partial charge in [0.1, 0.15) is 5.82 Å². The van der Waals surface area contributed by atoms with Gasteiger partial charge in [-0.05, 0) is 37.8 Å². The fourth-order valence-electron chi connectivity index (χ4n) is 2.41. The lowest BCUT2D eigenvalue weighted by molar-refractivity contribution is -0.125. The van der Waals surface area contributed by atoms with Crippen LogP contribution in [-0.2, 0) is 4.79 Å². The van der Waals surface area contributed by atoms with E-state index in [1.54, 1.807) is 24.0 Å². The molecular formula is C15H19N5O. The minimum absolute atomic E-state index is 0.00675. The number of nitrogens with one attached hydrogen (secondary N) is 1. The van der Waals surface area contributed by atoms with Gasteiger partial charge in [0.15, 0.2) is 0 Å².